The second-order valence-electron chi connectivity index (χ2n) is 4.62. The zero-order chi connectivity index (χ0) is 9.31. The van der Waals surface area contributed by atoms with Gasteiger partial charge in [0.15, 0.2) is 0 Å². The van der Waals surface area contributed by atoms with Crippen LogP contribution >= 0.6 is 11.8 Å². The highest BCUT2D eigenvalue weighted by Crippen LogP contribution is 2.31. The van der Waals surface area contributed by atoms with Crippen LogP contribution in [0.2, 0.25) is 0 Å². The molecule has 2 heterocycles. The standard InChI is InChI=1S/C10H19NOS/c1-10(2)7-11-9(12-10)6-8-4-3-5-13-8/h8-9,11H,3-7H2,1-2H3. The van der Waals surface area contributed by atoms with E-state index in [-0.39, 0.29) is 5.60 Å². The Hall–Kier alpha value is 0.270. The summed E-state index contributed by atoms with van der Waals surface area (Å²) in [6.45, 7) is 5.30. The molecule has 0 aromatic carbocycles. The zero-order valence-electron chi connectivity index (χ0n) is 8.51. The van der Waals surface area contributed by atoms with Crippen LogP contribution in [-0.2, 0) is 4.74 Å². The first-order valence-electron chi connectivity index (χ1n) is 5.18. The molecule has 76 valence electrons. The molecule has 2 saturated heterocycles. The van der Waals surface area contributed by atoms with E-state index >= 15 is 0 Å². The molecule has 0 amide bonds. The Labute approximate surface area is 84.8 Å². The van der Waals surface area contributed by atoms with Gasteiger partial charge in [-0.2, -0.15) is 11.8 Å². The summed E-state index contributed by atoms with van der Waals surface area (Å²) >= 11 is 2.11. The summed E-state index contributed by atoms with van der Waals surface area (Å²) in [5, 5.41) is 4.28. The Balaban J connectivity index is 1.77. The van der Waals surface area contributed by atoms with Gasteiger partial charge in [0.2, 0.25) is 0 Å². The molecule has 0 radical (unpaired) electrons. The smallest absolute Gasteiger partial charge is 0.110 e. The minimum absolute atomic E-state index is 0.0495. The van der Waals surface area contributed by atoms with Gasteiger partial charge in [-0.15, -0.1) is 0 Å². The number of rotatable bonds is 2. The van der Waals surface area contributed by atoms with Crippen molar-refractivity contribution >= 4 is 11.8 Å². The average molecular weight is 201 g/mol. The van der Waals surface area contributed by atoms with Gasteiger partial charge in [-0.25, -0.2) is 0 Å². The highest BCUT2D eigenvalue weighted by molar-refractivity contribution is 8.00. The summed E-state index contributed by atoms with van der Waals surface area (Å²) in [6.07, 6.45) is 4.28. The molecule has 1 N–H and O–H groups in total. The third kappa shape index (κ3) is 2.61. The quantitative estimate of drug-likeness (QED) is 0.738. The van der Waals surface area contributed by atoms with Gasteiger partial charge in [0, 0.05) is 11.8 Å². The summed E-state index contributed by atoms with van der Waals surface area (Å²) in [7, 11) is 0. The SMILES string of the molecule is CC1(C)CNC(CC2CCCS2)O1. The van der Waals surface area contributed by atoms with Crippen molar-refractivity contribution in [3.05, 3.63) is 0 Å². The van der Waals surface area contributed by atoms with Crippen LogP contribution in [0.5, 0.6) is 0 Å². The van der Waals surface area contributed by atoms with Gasteiger partial charge in [0.1, 0.15) is 6.23 Å². The first-order valence-corrected chi connectivity index (χ1v) is 6.23. The first kappa shape index (κ1) is 9.81. The normalized spacial score (nSPS) is 38.3. The Morgan fingerprint density at radius 2 is 2.38 bits per heavy atom. The largest absolute Gasteiger partial charge is 0.356 e. The van der Waals surface area contributed by atoms with E-state index in [4.69, 9.17) is 4.74 Å². The molecule has 0 aromatic heterocycles. The lowest BCUT2D eigenvalue weighted by Gasteiger charge is -2.19. The minimum atomic E-state index is 0.0495. The summed E-state index contributed by atoms with van der Waals surface area (Å²) in [4.78, 5) is 0. The molecule has 0 spiro atoms. The number of nitrogens with one attached hydrogen (secondary N) is 1. The van der Waals surface area contributed by atoms with Crippen LogP contribution < -0.4 is 5.32 Å². The van der Waals surface area contributed by atoms with Crippen LogP contribution in [0.4, 0.5) is 0 Å². The first-order chi connectivity index (χ1) is 6.16. The van der Waals surface area contributed by atoms with Crippen molar-refractivity contribution in [3.63, 3.8) is 0 Å². The molecule has 0 saturated carbocycles. The number of thioether (sulfide) groups is 1. The van der Waals surface area contributed by atoms with E-state index < -0.39 is 0 Å². The number of hydrogen-bond donors (Lipinski definition) is 1. The third-order valence-corrected chi connectivity index (χ3v) is 4.14. The lowest BCUT2D eigenvalue weighted by molar-refractivity contribution is -0.0177. The predicted molar refractivity (Wildman–Crippen MR) is 57.1 cm³/mol. The van der Waals surface area contributed by atoms with Crippen molar-refractivity contribution in [2.75, 3.05) is 12.3 Å². The van der Waals surface area contributed by atoms with E-state index in [1.54, 1.807) is 0 Å². The van der Waals surface area contributed by atoms with Crippen molar-refractivity contribution < 1.29 is 4.74 Å². The van der Waals surface area contributed by atoms with Gasteiger partial charge in [0.25, 0.3) is 0 Å². The average Bonchev–Trinajstić information content (AvgIpc) is 2.61. The van der Waals surface area contributed by atoms with Crippen molar-refractivity contribution in [2.45, 2.75) is 50.2 Å². The van der Waals surface area contributed by atoms with E-state index in [0.29, 0.717) is 6.23 Å². The van der Waals surface area contributed by atoms with Gasteiger partial charge in [-0.05, 0) is 38.9 Å². The molecule has 2 nitrogen and oxygen atoms in total. The molecule has 2 atom stereocenters. The molecule has 0 aromatic rings. The minimum Gasteiger partial charge on any atom is -0.356 e. The van der Waals surface area contributed by atoms with E-state index in [2.05, 4.69) is 30.9 Å². The van der Waals surface area contributed by atoms with Crippen LogP contribution in [-0.4, -0.2) is 29.4 Å². The van der Waals surface area contributed by atoms with Crippen molar-refractivity contribution in [1.82, 2.24) is 5.32 Å². The van der Waals surface area contributed by atoms with Crippen LogP contribution in [0.15, 0.2) is 0 Å². The van der Waals surface area contributed by atoms with Crippen LogP contribution in [0.25, 0.3) is 0 Å². The molecule has 2 unspecified atom stereocenters. The van der Waals surface area contributed by atoms with Crippen LogP contribution in [0, 0.1) is 0 Å². The maximum Gasteiger partial charge on any atom is 0.110 e. The summed E-state index contributed by atoms with van der Waals surface area (Å²) < 4.78 is 5.89. The fourth-order valence-corrected chi connectivity index (χ4v) is 3.34. The summed E-state index contributed by atoms with van der Waals surface area (Å²) in [6, 6.07) is 0. The Kier molecular flexibility index (Phi) is 2.86. The van der Waals surface area contributed by atoms with Gasteiger partial charge >= 0.3 is 0 Å². The number of hydrogen-bond acceptors (Lipinski definition) is 3. The van der Waals surface area contributed by atoms with Crippen molar-refractivity contribution in [1.29, 1.82) is 0 Å². The maximum atomic E-state index is 5.89. The molecule has 3 heteroatoms. The van der Waals surface area contributed by atoms with E-state index in [9.17, 15) is 0 Å². The molecule has 2 rings (SSSR count). The summed E-state index contributed by atoms with van der Waals surface area (Å²) in [5.41, 5.74) is 0.0495. The predicted octanol–water partition coefficient (Wildman–Crippen LogP) is 2.00. The van der Waals surface area contributed by atoms with E-state index in [1.165, 1.54) is 25.0 Å². The molecule has 2 aliphatic heterocycles. The van der Waals surface area contributed by atoms with Gasteiger partial charge in [-0.3, -0.25) is 5.32 Å². The highest BCUT2D eigenvalue weighted by atomic mass is 32.2. The van der Waals surface area contributed by atoms with Crippen molar-refractivity contribution in [3.8, 4) is 0 Å². The topological polar surface area (TPSA) is 21.3 Å². The van der Waals surface area contributed by atoms with Crippen LogP contribution in [0.3, 0.4) is 0 Å². The maximum absolute atomic E-state index is 5.89. The van der Waals surface area contributed by atoms with E-state index in [1.807, 2.05) is 0 Å². The molecule has 13 heavy (non-hydrogen) atoms. The van der Waals surface area contributed by atoms with Gasteiger partial charge < -0.3 is 4.74 Å². The second-order valence-corrected chi connectivity index (χ2v) is 6.03. The molecular formula is C10H19NOS. The van der Waals surface area contributed by atoms with Crippen LogP contribution in [0.1, 0.15) is 33.1 Å². The Morgan fingerprint density at radius 1 is 1.54 bits per heavy atom. The summed E-state index contributed by atoms with van der Waals surface area (Å²) in [5.74, 6) is 1.35. The Morgan fingerprint density at radius 3 is 2.92 bits per heavy atom. The molecule has 2 fully saturated rings. The highest BCUT2D eigenvalue weighted by Gasteiger charge is 2.33. The molecule has 0 bridgehead atoms. The van der Waals surface area contributed by atoms with Gasteiger partial charge in [0.05, 0.1) is 5.60 Å². The number of ether oxygens (including phenoxy) is 1. The molecule has 2 aliphatic rings. The Bertz CT molecular complexity index is 178. The van der Waals surface area contributed by atoms with Crippen molar-refractivity contribution in [2.24, 2.45) is 0 Å². The lowest BCUT2D eigenvalue weighted by Crippen LogP contribution is -2.25. The van der Waals surface area contributed by atoms with Gasteiger partial charge in [-0.1, -0.05) is 0 Å². The third-order valence-electron chi connectivity index (χ3n) is 2.72. The molecule has 0 aliphatic carbocycles. The van der Waals surface area contributed by atoms with E-state index in [0.717, 1.165) is 11.8 Å². The lowest BCUT2D eigenvalue weighted by atomic mass is 10.1. The fraction of sp³-hybridized carbons (Fsp3) is 1.00. The molecular weight excluding hydrogens is 182 g/mol. The zero-order valence-corrected chi connectivity index (χ0v) is 9.32. The fourth-order valence-electron chi connectivity index (χ4n) is 2.03. The monoisotopic (exact) mass is 201 g/mol. The second kappa shape index (κ2) is 3.79.